The first-order valence-corrected chi connectivity index (χ1v) is 9.80. The zero-order chi connectivity index (χ0) is 17.2. The van der Waals surface area contributed by atoms with Crippen LogP contribution in [0.3, 0.4) is 0 Å². The number of ether oxygens (including phenoxy) is 1. The molecule has 0 bridgehead atoms. The Morgan fingerprint density at radius 2 is 2.04 bits per heavy atom. The number of rotatable bonds is 4. The van der Waals surface area contributed by atoms with Crippen molar-refractivity contribution >= 4 is 33.5 Å². The van der Waals surface area contributed by atoms with Crippen molar-refractivity contribution in [1.29, 1.82) is 0 Å². The molecule has 1 heterocycles. The summed E-state index contributed by atoms with van der Waals surface area (Å²) in [5, 5.41) is 10.9. The van der Waals surface area contributed by atoms with E-state index in [9.17, 15) is 13.5 Å². The Bertz CT molecular complexity index is 878. The van der Waals surface area contributed by atoms with E-state index in [1.165, 1.54) is 29.0 Å². The van der Waals surface area contributed by atoms with E-state index in [2.05, 4.69) is 0 Å². The number of methoxy groups -OCH3 is 1. The van der Waals surface area contributed by atoms with Crippen molar-refractivity contribution in [2.24, 2.45) is 0 Å². The van der Waals surface area contributed by atoms with Crippen molar-refractivity contribution in [3.05, 3.63) is 53.4 Å². The maximum Gasteiger partial charge on any atom is 0.257 e. The van der Waals surface area contributed by atoms with E-state index < -0.39 is 10.0 Å². The minimum atomic E-state index is -3.60. The van der Waals surface area contributed by atoms with E-state index in [0.29, 0.717) is 29.3 Å². The van der Waals surface area contributed by atoms with E-state index in [4.69, 9.17) is 4.74 Å². The maximum absolute atomic E-state index is 12.7. The summed E-state index contributed by atoms with van der Waals surface area (Å²) in [7, 11) is -2.14. The summed E-state index contributed by atoms with van der Waals surface area (Å²) < 4.78 is 31.7. The fourth-order valence-electron chi connectivity index (χ4n) is 2.46. The van der Waals surface area contributed by atoms with Gasteiger partial charge in [0.2, 0.25) is 0 Å². The van der Waals surface area contributed by atoms with Gasteiger partial charge in [0.05, 0.1) is 18.2 Å². The Morgan fingerprint density at radius 3 is 2.79 bits per heavy atom. The number of fused-ring (bicyclic) bond motifs is 1. The topological polar surface area (TPSA) is 66.8 Å². The van der Waals surface area contributed by atoms with E-state index in [1.54, 1.807) is 23.9 Å². The number of hydrogen-bond acceptors (Lipinski definition) is 5. The molecule has 0 unspecified atom stereocenters. The number of thioether (sulfide) groups is 1. The van der Waals surface area contributed by atoms with Crippen molar-refractivity contribution in [2.75, 3.05) is 23.7 Å². The zero-order valence-corrected chi connectivity index (χ0v) is 14.7. The predicted molar refractivity (Wildman–Crippen MR) is 97.1 cm³/mol. The van der Waals surface area contributed by atoms with Gasteiger partial charge in [-0.25, -0.2) is 8.42 Å². The van der Waals surface area contributed by atoms with Gasteiger partial charge < -0.3 is 9.84 Å². The number of phenols is 1. The molecular weight excluding hydrogens is 346 g/mol. The second-order valence-electron chi connectivity index (χ2n) is 5.17. The molecule has 0 fully saturated rings. The number of anilines is 1. The molecule has 3 rings (SSSR count). The van der Waals surface area contributed by atoms with Crippen LogP contribution in [0.5, 0.6) is 11.5 Å². The Balaban J connectivity index is 1.88. The minimum absolute atomic E-state index is 0.0308. The fraction of sp³-hybridized carbons (Fsp3) is 0.176. The first kappa shape index (κ1) is 16.7. The third-order valence-electron chi connectivity index (χ3n) is 3.63. The first-order chi connectivity index (χ1) is 11.5. The molecule has 24 heavy (non-hydrogen) atoms. The van der Waals surface area contributed by atoms with Gasteiger partial charge in [-0.1, -0.05) is 18.2 Å². The van der Waals surface area contributed by atoms with Crippen LogP contribution in [0.25, 0.3) is 6.08 Å². The maximum atomic E-state index is 12.7. The molecule has 0 amide bonds. The highest BCUT2D eigenvalue weighted by Crippen LogP contribution is 2.36. The van der Waals surface area contributed by atoms with Gasteiger partial charge in [0.25, 0.3) is 10.0 Å². The molecule has 0 radical (unpaired) electrons. The molecule has 0 spiro atoms. The summed E-state index contributed by atoms with van der Waals surface area (Å²) >= 11 is 1.65. The number of nitrogens with zero attached hydrogens (tertiary/aromatic N) is 1. The van der Waals surface area contributed by atoms with Crippen molar-refractivity contribution in [3.8, 4) is 11.5 Å². The van der Waals surface area contributed by atoms with Gasteiger partial charge >= 0.3 is 0 Å². The first-order valence-electron chi connectivity index (χ1n) is 7.31. The van der Waals surface area contributed by atoms with Crippen LogP contribution in [-0.4, -0.2) is 32.9 Å². The van der Waals surface area contributed by atoms with Crippen LogP contribution in [0.2, 0.25) is 0 Å². The standard InChI is InChI=1S/C17H17NO4S2/c1-22-16-7-6-13(12-15(16)19)8-11-24(20,21)18-9-10-23-17-5-3-2-4-14(17)18/h2-8,11-12,19H,9-10H2,1H3. The second kappa shape index (κ2) is 6.78. The summed E-state index contributed by atoms with van der Waals surface area (Å²) in [5.41, 5.74) is 1.28. The van der Waals surface area contributed by atoms with Crippen LogP contribution >= 0.6 is 11.8 Å². The molecule has 0 saturated carbocycles. The molecule has 126 valence electrons. The van der Waals surface area contributed by atoms with Gasteiger partial charge in [-0.3, -0.25) is 4.31 Å². The summed E-state index contributed by atoms with van der Waals surface area (Å²) in [4.78, 5) is 0.961. The molecule has 0 aromatic heterocycles. The minimum Gasteiger partial charge on any atom is -0.504 e. The van der Waals surface area contributed by atoms with E-state index in [1.807, 2.05) is 24.3 Å². The molecule has 7 heteroatoms. The van der Waals surface area contributed by atoms with Gasteiger partial charge in [-0.2, -0.15) is 0 Å². The van der Waals surface area contributed by atoms with Crippen LogP contribution in [0.1, 0.15) is 5.56 Å². The van der Waals surface area contributed by atoms with E-state index >= 15 is 0 Å². The Labute approximate surface area is 145 Å². The molecule has 2 aromatic carbocycles. The molecular formula is C17H17NO4S2. The summed E-state index contributed by atoms with van der Waals surface area (Å²) in [5.74, 6) is 1.03. The highest BCUT2D eigenvalue weighted by molar-refractivity contribution is 8.00. The van der Waals surface area contributed by atoms with Crippen molar-refractivity contribution in [1.82, 2.24) is 0 Å². The zero-order valence-electron chi connectivity index (χ0n) is 13.0. The fourth-order valence-corrected chi connectivity index (χ4v) is 4.88. The quantitative estimate of drug-likeness (QED) is 0.903. The molecule has 1 aliphatic rings. The lowest BCUT2D eigenvalue weighted by Gasteiger charge is -2.28. The molecule has 0 aliphatic carbocycles. The van der Waals surface area contributed by atoms with Gasteiger partial charge in [0.15, 0.2) is 11.5 Å². The summed E-state index contributed by atoms with van der Waals surface area (Å²) in [6.07, 6.45) is 1.47. The predicted octanol–water partition coefficient (Wildman–Crippen LogP) is 3.31. The molecule has 1 N–H and O–H groups in total. The van der Waals surface area contributed by atoms with Crippen LogP contribution in [0, 0.1) is 0 Å². The van der Waals surface area contributed by atoms with Crippen LogP contribution in [-0.2, 0) is 10.0 Å². The molecule has 2 aromatic rings. The Kier molecular flexibility index (Phi) is 4.73. The number of benzene rings is 2. The number of aromatic hydroxyl groups is 1. The second-order valence-corrected chi connectivity index (χ2v) is 8.05. The molecule has 5 nitrogen and oxygen atoms in total. The normalized spacial score (nSPS) is 14.6. The van der Waals surface area contributed by atoms with Crippen molar-refractivity contribution < 1.29 is 18.3 Å². The van der Waals surface area contributed by atoms with Gasteiger partial charge in [-0.15, -0.1) is 11.8 Å². The Hall–Kier alpha value is -2.12. The summed E-state index contributed by atoms with van der Waals surface area (Å²) in [6, 6.07) is 12.2. The summed E-state index contributed by atoms with van der Waals surface area (Å²) in [6.45, 7) is 0.433. The lowest BCUT2D eigenvalue weighted by atomic mass is 10.2. The molecule has 0 saturated heterocycles. The number of sulfonamides is 1. The molecule has 0 atom stereocenters. The van der Waals surface area contributed by atoms with Crippen molar-refractivity contribution in [2.45, 2.75) is 4.90 Å². The number of para-hydroxylation sites is 1. The SMILES string of the molecule is COc1ccc(C=CS(=O)(=O)N2CCSc3ccccc32)cc1O. The third-order valence-corrected chi connectivity index (χ3v) is 6.15. The van der Waals surface area contributed by atoms with Gasteiger partial charge in [0, 0.05) is 17.2 Å². The molecule has 1 aliphatic heterocycles. The average molecular weight is 363 g/mol. The lowest BCUT2D eigenvalue weighted by Crippen LogP contribution is -2.33. The lowest BCUT2D eigenvalue weighted by molar-refractivity contribution is 0.373. The Morgan fingerprint density at radius 1 is 1.25 bits per heavy atom. The van der Waals surface area contributed by atoms with Crippen LogP contribution in [0.15, 0.2) is 52.8 Å². The third kappa shape index (κ3) is 3.37. The highest BCUT2D eigenvalue weighted by atomic mass is 32.2. The highest BCUT2D eigenvalue weighted by Gasteiger charge is 2.25. The van der Waals surface area contributed by atoms with E-state index in [0.717, 1.165) is 4.90 Å². The monoisotopic (exact) mass is 363 g/mol. The van der Waals surface area contributed by atoms with Crippen LogP contribution in [0.4, 0.5) is 5.69 Å². The smallest absolute Gasteiger partial charge is 0.257 e. The number of hydrogen-bond donors (Lipinski definition) is 1. The average Bonchev–Trinajstić information content (AvgIpc) is 2.59. The number of phenolic OH excluding ortho intramolecular Hbond substituents is 1. The van der Waals surface area contributed by atoms with Gasteiger partial charge in [-0.05, 0) is 35.9 Å². The van der Waals surface area contributed by atoms with Gasteiger partial charge in [0.1, 0.15) is 0 Å². The van der Waals surface area contributed by atoms with E-state index in [-0.39, 0.29) is 5.75 Å². The van der Waals surface area contributed by atoms with Crippen molar-refractivity contribution in [3.63, 3.8) is 0 Å². The van der Waals surface area contributed by atoms with Crippen LogP contribution < -0.4 is 9.04 Å². The largest absolute Gasteiger partial charge is 0.504 e.